The number of nitrogens with zero attached hydrogens (tertiary/aromatic N) is 3. The molecular formula is C24H29BrClN3O4. The zero-order chi connectivity index (χ0) is 24.0. The summed E-state index contributed by atoms with van der Waals surface area (Å²) in [5, 5.41) is 27.6. The molecule has 0 unspecified atom stereocenters. The largest absolute Gasteiger partial charge is 0.491 e. The van der Waals surface area contributed by atoms with Crippen LogP contribution in [0.2, 0.25) is 0 Å². The van der Waals surface area contributed by atoms with E-state index in [-0.39, 0.29) is 24.5 Å². The van der Waals surface area contributed by atoms with Crippen LogP contribution in [0.5, 0.6) is 11.5 Å². The fourth-order valence-electron chi connectivity index (χ4n) is 3.32. The van der Waals surface area contributed by atoms with Crippen molar-refractivity contribution in [1.29, 1.82) is 0 Å². The Hall–Kier alpha value is -2.13. The van der Waals surface area contributed by atoms with Crippen LogP contribution >= 0.6 is 27.5 Å². The second-order valence-electron chi connectivity index (χ2n) is 8.46. The van der Waals surface area contributed by atoms with E-state index >= 15 is 0 Å². The molecule has 0 aliphatic rings. The summed E-state index contributed by atoms with van der Waals surface area (Å²) in [6, 6.07) is 13.8. The second-order valence-corrected chi connectivity index (χ2v) is 9.62. The number of hydrogen-bond donors (Lipinski definition) is 2. The van der Waals surface area contributed by atoms with E-state index < -0.39 is 12.2 Å². The van der Waals surface area contributed by atoms with Gasteiger partial charge in [-0.3, -0.25) is 0 Å². The fraction of sp³-hybridized carbons (Fsp3) is 0.417. The first-order chi connectivity index (χ1) is 15.7. The number of alkyl halides is 1. The van der Waals surface area contributed by atoms with Crippen molar-refractivity contribution in [2.24, 2.45) is 0 Å². The lowest BCUT2D eigenvalue weighted by atomic mass is 9.78. The standard InChI is InChI=1S/C24H29BrClN3O4/c1-16-12-29(28-27-16)13-20(31)15-32-21-7-4-17(5-8-21)24(2,3)18-6-9-23(22(25)10-18)33-14-19(30)11-26/h4-10,12,19-20,30-31H,11,13-15H2,1-3H3/t19-,20+/m1/s1. The first-order valence-corrected chi connectivity index (χ1v) is 12.0. The Morgan fingerprint density at radius 2 is 1.70 bits per heavy atom. The summed E-state index contributed by atoms with van der Waals surface area (Å²) in [5.41, 5.74) is 2.76. The molecule has 2 aromatic carbocycles. The molecule has 0 bridgehead atoms. The molecule has 178 valence electrons. The van der Waals surface area contributed by atoms with Gasteiger partial charge in [0, 0.05) is 11.6 Å². The third-order valence-corrected chi connectivity index (χ3v) is 6.31. The normalized spacial score (nSPS) is 13.5. The lowest BCUT2D eigenvalue weighted by Gasteiger charge is -2.27. The molecule has 0 amide bonds. The van der Waals surface area contributed by atoms with Crippen LogP contribution in [0.25, 0.3) is 0 Å². The number of aliphatic hydroxyl groups is 2. The van der Waals surface area contributed by atoms with Crippen molar-refractivity contribution in [3.8, 4) is 11.5 Å². The van der Waals surface area contributed by atoms with Crippen molar-refractivity contribution in [1.82, 2.24) is 15.0 Å². The summed E-state index contributed by atoms with van der Waals surface area (Å²) in [4.78, 5) is 0. The summed E-state index contributed by atoms with van der Waals surface area (Å²) in [7, 11) is 0. The summed E-state index contributed by atoms with van der Waals surface area (Å²) in [6.45, 7) is 6.77. The number of ether oxygens (including phenoxy) is 2. The number of aryl methyl sites for hydroxylation is 1. The predicted molar refractivity (Wildman–Crippen MR) is 131 cm³/mol. The van der Waals surface area contributed by atoms with Crippen LogP contribution in [0.3, 0.4) is 0 Å². The molecule has 7 nitrogen and oxygen atoms in total. The Morgan fingerprint density at radius 3 is 2.30 bits per heavy atom. The fourth-order valence-corrected chi connectivity index (χ4v) is 3.90. The van der Waals surface area contributed by atoms with E-state index in [1.165, 1.54) is 0 Å². The first kappa shape index (κ1) is 25.5. The average Bonchev–Trinajstić information content (AvgIpc) is 3.21. The van der Waals surface area contributed by atoms with Crippen LogP contribution in [0.1, 0.15) is 30.7 Å². The number of benzene rings is 2. The van der Waals surface area contributed by atoms with Crippen molar-refractivity contribution in [3.05, 3.63) is 70.0 Å². The zero-order valence-corrected chi connectivity index (χ0v) is 21.3. The molecule has 3 aromatic rings. The molecule has 33 heavy (non-hydrogen) atoms. The van der Waals surface area contributed by atoms with E-state index in [9.17, 15) is 10.2 Å². The van der Waals surface area contributed by atoms with E-state index in [1.54, 1.807) is 10.9 Å². The Morgan fingerprint density at radius 1 is 1.03 bits per heavy atom. The van der Waals surface area contributed by atoms with Crippen LogP contribution in [0, 0.1) is 6.92 Å². The Bertz CT molecular complexity index is 1040. The third kappa shape index (κ3) is 6.93. The van der Waals surface area contributed by atoms with Crippen molar-refractivity contribution >= 4 is 27.5 Å². The number of hydrogen-bond acceptors (Lipinski definition) is 6. The maximum Gasteiger partial charge on any atom is 0.133 e. The third-order valence-electron chi connectivity index (χ3n) is 5.33. The van der Waals surface area contributed by atoms with Gasteiger partial charge in [-0.25, -0.2) is 4.68 Å². The van der Waals surface area contributed by atoms with Crippen LogP contribution in [0.4, 0.5) is 0 Å². The van der Waals surface area contributed by atoms with Gasteiger partial charge in [0.2, 0.25) is 0 Å². The number of halogens is 2. The van der Waals surface area contributed by atoms with E-state index in [2.05, 4.69) is 40.1 Å². The molecular weight excluding hydrogens is 510 g/mol. The van der Waals surface area contributed by atoms with E-state index in [0.29, 0.717) is 18.0 Å². The Kier molecular flexibility index (Phi) is 8.75. The molecule has 1 heterocycles. The average molecular weight is 539 g/mol. The van der Waals surface area contributed by atoms with Gasteiger partial charge in [-0.05, 0) is 58.2 Å². The Balaban J connectivity index is 1.61. The molecule has 0 aliphatic heterocycles. The van der Waals surface area contributed by atoms with E-state index in [0.717, 1.165) is 21.3 Å². The molecule has 1 aromatic heterocycles. The van der Waals surface area contributed by atoms with Gasteiger partial charge in [0.25, 0.3) is 0 Å². The highest BCUT2D eigenvalue weighted by Gasteiger charge is 2.24. The molecule has 2 atom stereocenters. The molecule has 0 fully saturated rings. The van der Waals surface area contributed by atoms with Gasteiger partial charge in [0.1, 0.15) is 36.9 Å². The summed E-state index contributed by atoms with van der Waals surface area (Å²) in [6.07, 6.45) is 0.384. The molecule has 0 saturated carbocycles. The van der Waals surface area contributed by atoms with Crippen LogP contribution < -0.4 is 9.47 Å². The molecule has 0 spiro atoms. The van der Waals surface area contributed by atoms with Gasteiger partial charge < -0.3 is 19.7 Å². The minimum atomic E-state index is -0.705. The van der Waals surface area contributed by atoms with Crippen LogP contribution in [-0.2, 0) is 12.0 Å². The molecule has 3 rings (SSSR count). The number of aliphatic hydroxyl groups excluding tert-OH is 2. The number of rotatable bonds is 11. The quantitative estimate of drug-likeness (QED) is 0.358. The van der Waals surface area contributed by atoms with Gasteiger partial charge in [-0.2, -0.15) is 0 Å². The molecule has 9 heteroatoms. The van der Waals surface area contributed by atoms with Crippen molar-refractivity contribution in [2.75, 3.05) is 19.1 Å². The molecule has 0 aliphatic carbocycles. The van der Waals surface area contributed by atoms with Crippen LogP contribution in [-0.4, -0.2) is 56.5 Å². The highest BCUT2D eigenvalue weighted by molar-refractivity contribution is 9.10. The minimum absolute atomic E-state index is 0.128. The topological polar surface area (TPSA) is 89.6 Å². The van der Waals surface area contributed by atoms with Gasteiger partial charge in [0.15, 0.2) is 0 Å². The summed E-state index contributed by atoms with van der Waals surface area (Å²) in [5.74, 6) is 1.47. The van der Waals surface area contributed by atoms with Gasteiger partial charge in [-0.15, -0.1) is 16.7 Å². The number of aromatic nitrogens is 3. The summed E-state index contributed by atoms with van der Waals surface area (Å²) >= 11 is 9.18. The maximum absolute atomic E-state index is 10.2. The van der Waals surface area contributed by atoms with E-state index in [1.807, 2.05) is 49.4 Å². The van der Waals surface area contributed by atoms with Crippen molar-refractivity contribution in [3.63, 3.8) is 0 Å². The predicted octanol–water partition coefficient (Wildman–Crippen LogP) is 4.09. The summed E-state index contributed by atoms with van der Waals surface area (Å²) < 4.78 is 13.8. The van der Waals surface area contributed by atoms with E-state index in [4.69, 9.17) is 21.1 Å². The Labute approximate surface area is 207 Å². The minimum Gasteiger partial charge on any atom is -0.491 e. The lowest BCUT2D eigenvalue weighted by molar-refractivity contribution is 0.0888. The second kappa shape index (κ2) is 11.3. The van der Waals surface area contributed by atoms with Crippen LogP contribution in [0.15, 0.2) is 53.1 Å². The SMILES string of the molecule is Cc1cn(C[C@H](O)COc2ccc(C(C)(C)c3ccc(OC[C@H](O)CCl)c(Br)c3)cc2)nn1. The monoisotopic (exact) mass is 537 g/mol. The van der Waals surface area contributed by atoms with Gasteiger partial charge >= 0.3 is 0 Å². The van der Waals surface area contributed by atoms with Crippen molar-refractivity contribution < 1.29 is 19.7 Å². The maximum atomic E-state index is 10.2. The van der Waals surface area contributed by atoms with Gasteiger partial charge in [-0.1, -0.05) is 37.3 Å². The zero-order valence-electron chi connectivity index (χ0n) is 18.9. The van der Waals surface area contributed by atoms with Crippen molar-refractivity contribution in [2.45, 2.75) is 44.9 Å². The highest BCUT2D eigenvalue weighted by atomic mass is 79.9. The molecule has 2 N–H and O–H groups in total. The molecule has 0 radical (unpaired) electrons. The smallest absolute Gasteiger partial charge is 0.133 e. The highest BCUT2D eigenvalue weighted by Crippen LogP contribution is 2.36. The molecule has 0 saturated heterocycles. The van der Waals surface area contributed by atoms with Gasteiger partial charge in [0.05, 0.1) is 22.6 Å². The lowest BCUT2D eigenvalue weighted by Crippen LogP contribution is -2.24. The first-order valence-electron chi connectivity index (χ1n) is 10.6.